The number of benzene rings is 1. The maximum Gasteiger partial charge on any atom is 0.128 e. The Morgan fingerprint density at radius 3 is 2.70 bits per heavy atom. The summed E-state index contributed by atoms with van der Waals surface area (Å²) in [7, 11) is 0. The van der Waals surface area contributed by atoms with Crippen LogP contribution in [0.3, 0.4) is 0 Å². The van der Waals surface area contributed by atoms with Gasteiger partial charge in [-0.15, -0.1) is 0 Å². The van der Waals surface area contributed by atoms with E-state index in [1.807, 2.05) is 4.90 Å². The summed E-state index contributed by atoms with van der Waals surface area (Å²) in [4.78, 5) is 1.90. The summed E-state index contributed by atoms with van der Waals surface area (Å²) in [6.07, 6.45) is 0.337. The van der Waals surface area contributed by atoms with Gasteiger partial charge in [0.2, 0.25) is 0 Å². The van der Waals surface area contributed by atoms with Gasteiger partial charge in [-0.2, -0.15) is 0 Å². The van der Waals surface area contributed by atoms with E-state index >= 15 is 0 Å². The van der Waals surface area contributed by atoms with Crippen LogP contribution in [-0.2, 0) is 0 Å². The highest BCUT2D eigenvalue weighted by molar-refractivity contribution is 5.23. The molecule has 0 radical (unpaired) electrons. The predicted octanol–water partition coefficient (Wildman–Crippen LogP) is 2.23. The van der Waals surface area contributed by atoms with Gasteiger partial charge in [-0.05, 0) is 44.9 Å². The Labute approximate surface area is 117 Å². The van der Waals surface area contributed by atoms with Crippen molar-refractivity contribution in [1.29, 1.82) is 0 Å². The highest BCUT2D eigenvalue weighted by Crippen LogP contribution is 2.34. The van der Waals surface area contributed by atoms with Crippen molar-refractivity contribution in [2.45, 2.75) is 44.4 Å². The lowest BCUT2D eigenvalue weighted by molar-refractivity contribution is 0.0541. The molecule has 1 heterocycles. The molecule has 0 aliphatic carbocycles. The van der Waals surface area contributed by atoms with Gasteiger partial charge >= 0.3 is 0 Å². The molecule has 0 unspecified atom stereocenters. The van der Waals surface area contributed by atoms with E-state index in [-0.39, 0.29) is 11.6 Å². The van der Waals surface area contributed by atoms with E-state index in [4.69, 9.17) is 0 Å². The number of aliphatic hydroxyl groups excluding tert-OH is 1. The molecule has 3 nitrogen and oxygen atoms in total. The first kappa shape index (κ1) is 15.4. The lowest BCUT2D eigenvalue weighted by Gasteiger charge is -2.27. The fourth-order valence-electron chi connectivity index (χ4n) is 2.64. The molecule has 0 spiro atoms. The Morgan fingerprint density at radius 2 is 2.05 bits per heavy atom. The van der Waals surface area contributed by atoms with Crippen molar-refractivity contribution in [3.63, 3.8) is 0 Å². The van der Waals surface area contributed by atoms with Gasteiger partial charge in [0.1, 0.15) is 11.6 Å². The minimum absolute atomic E-state index is 0.275. The molecule has 1 aliphatic rings. The molecule has 1 aromatic rings. The molecule has 0 aromatic heterocycles. The fraction of sp³-hybridized carbons (Fsp3) is 0.600. The first-order valence-electron chi connectivity index (χ1n) is 6.86. The number of hydrogen-bond donors (Lipinski definition) is 2. The fourth-order valence-corrected chi connectivity index (χ4v) is 2.64. The van der Waals surface area contributed by atoms with Gasteiger partial charge < -0.3 is 10.2 Å². The molecular formula is C15H21F2NO2. The van der Waals surface area contributed by atoms with Crippen LogP contribution in [0.5, 0.6) is 0 Å². The van der Waals surface area contributed by atoms with Gasteiger partial charge in [-0.25, -0.2) is 8.78 Å². The molecule has 2 N–H and O–H groups in total. The molecule has 20 heavy (non-hydrogen) atoms. The Balaban J connectivity index is 2.17. The molecule has 0 saturated carbocycles. The zero-order chi connectivity index (χ0) is 14.9. The third kappa shape index (κ3) is 3.75. The van der Waals surface area contributed by atoms with Gasteiger partial charge in [0.05, 0.1) is 11.7 Å². The number of nitrogens with zero attached hydrogens (tertiary/aromatic N) is 1. The molecule has 2 rings (SSSR count). The number of β-amino-alcohol motifs (C(OH)–C–C–N with tert-alkyl or cyclic N) is 1. The second kappa shape index (κ2) is 5.76. The highest BCUT2D eigenvalue weighted by atomic mass is 19.1. The summed E-state index contributed by atoms with van der Waals surface area (Å²) >= 11 is 0. The van der Waals surface area contributed by atoms with Crippen LogP contribution >= 0.6 is 0 Å². The van der Waals surface area contributed by atoms with Crippen LogP contribution in [0.1, 0.15) is 38.3 Å². The van der Waals surface area contributed by atoms with Crippen molar-refractivity contribution in [3.8, 4) is 0 Å². The van der Waals surface area contributed by atoms with Crippen molar-refractivity contribution in [2.75, 3.05) is 13.1 Å². The minimum Gasteiger partial charge on any atom is -0.392 e. The highest BCUT2D eigenvalue weighted by Gasteiger charge is 2.34. The number of halogens is 2. The van der Waals surface area contributed by atoms with Gasteiger partial charge in [0.15, 0.2) is 0 Å². The molecule has 0 amide bonds. The Hall–Kier alpha value is -1.04. The van der Waals surface area contributed by atoms with Gasteiger partial charge in [-0.3, -0.25) is 4.90 Å². The maximum absolute atomic E-state index is 13.9. The molecule has 1 saturated heterocycles. The van der Waals surface area contributed by atoms with Crippen LogP contribution in [-0.4, -0.2) is 39.9 Å². The van der Waals surface area contributed by atoms with Crippen LogP contribution in [0.15, 0.2) is 18.2 Å². The standard InChI is InChI=1S/C15H21F2NO2/c1-15(2,20)5-6-18-9-11(19)8-14(18)12-7-10(16)3-4-13(12)17/h3-4,7,11,14,19-20H,5-6,8-9H2,1-2H3/t11-,14-/m0/s1. The third-order valence-electron chi connectivity index (χ3n) is 3.71. The largest absolute Gasteiger partial charge is 0.392 e. The third-order valence-corrected chi connectivity index (χ3v) is 3.71. The minimum atomic E-state index is -0.821. The molecule has 1 aromatic carbocycles. The van der Waals surface area contributed by atoms with Crippen LogP contribution < -0.4 is 0 Å². The van der Waals surface area contributed by atoms with Crippen LogP contribution in [0.4, 0.5) is 8.78 Å². The quantitative estimate of drug-likeness (QED) is 0.891. The van der Waals surface area contributed by atoms with Crippen LogP contribution in [0, 0.1) is 11.6 Å². The predicted molar refractivity (Wildman–Crippen MR) is 72.2 cm³/mol. The summed E-state index contributed by atoms with van der Waals surface area (Å²) in [5.41, 5.74) is -0.546. The maximum atomic E-state index is 13.9. The first-order valence-corrected chi connectivity index (χ1v) is 6.86. The van der Waals surface area contributed by atoms with Crippen molar-refractivity contribution >= 4 is 0 Å². The molecule has 5 heteroatoms. The number of aliphatic hydroxyl groups is 2. The zero-order valence-electron chi connectivity index (χ0n) is 11.8. The van der Waals surface area contributed by atoms with E-state index in [9.17, 15) is 19.0 Å². The number of rotatable bonds is 4. The van der Waals surface area contributed by atoms with E-state index in [0.29, 0.717) is 25.9 Å². The zero-order valence-corrected chi connectivity index (χ0v) is 11.8. The molecule has 2 atom stereocenters. The van der Waals surface area contributed by atoms with Crippen LogP contribution in [0.25, 0.3) is 0 Å². The lowest BCUT2D eigenvalue weighted by atomic mass is 10.0. The SMILES string of the molecule is CC(C)(O)CCN1C[C@@H](O)C[C@H]1c1cc(F)ccc1F. The Kier molecular flexibility index (Phi) is 4.42. The molecule has 0 bridgehead atoms. The van der Waals surface area contributed by atoms with Crippen molar-refractivity contribution in [2.24, 2.45) is 0 Å². The van der Waals surface area contributed by atoms with E-state index in [2.05, 4.69) is 0 Å². The molecule has 1 fully saturated rings. The topological polar surface area (TPSA) is 43.7 Å². The van der Waals surface area contributed by atoms with E-state index in [0.717, 1.165) is 12.1 Å². The monoisotopic (exact) mass is 285 g/mol. The van der Waals surface area contributed by atoms with E-state index in [1.165, 1.54) is 6.07 Å². The average molecular weight is 285 g/mol. The summed E-state index contributed by atoms with van der Waals surface area (Å²) in [6.45, 7) is 4.35. The Bertz CT molecular complexity index is 473. The molecular weight excluding hydrogens is 264 g/mol. The van der Waals surface area contributed by atoms with E-state index < -0.39 is 23.3 Å². The summed E-state index contributed by atoms with van der Waals surface area (Å²) < 4.78 is 27.2. The lowest BCUT2D eigenvalue weighted by Crippen LogP contribution is -2.32. The normalized spacial score (nSPS) is 24.3. The number of likely N-dealkylation sites (tertiary alicyclic amines) is 1. The van der Waals surface area contributed by atoms with Gasteiger partial charge in [0, 0.05) is 24.7 Å². The van der Waals surface area contributed by atoms with Gasteiger partial charge in [-0.1, -0.05) is 0 Å². The van der Waals surface area contributed by atoms with Crippen molar-refractivity contribution in [1.82, 2.24) is 4.90 Å². The second-order valence-corrected chi connectivity index (χ2v) is 6.13. The van der Waals surface area contributed by atoms with Gasteiger partial charge in [0.25, 0.3) is 0 Å². The van der Waals surface area contributed by atoms with Crippen molar-refractivity contribution < 1.29 is 19.0 Å². The molecule has 1 aliphatic heterocycles. The Morgan fingerprint density at radius 1 is 1.35 bits per heavy atom. The smallest absolute Gasteiger partial charge is 0.128 e. The summed E-state index contributed by atoms with van der Waals surface area (Å²) in [6, 6.07) is 3.05. The van der Waals surface area contributed by atoms with Crippen LogP contribution in [0.2, 0.25) is 0 Å². The second-order valence-electron chi connectivity index (χ2n) is 6.13. The summed E-state index contributed by atoms with van der Waals surface area (Å²) in [5.74, 6) is -0.941. The average Bonchev–Trinajstić information content (AvgIpc) is 2.70. The molecule has 112 valence electrons. The van der Waals surface area contributed by atoms with E-state index in [1.54, 1.807) is 13.8 Å². The first-order chi connectivity index (χ1) is 9.26. The summed E-state index contributed by atoms with van der Waals surface area (Å²) in [5, 5.41) is 19.6. The van der Waals surface area contributed by atoms with Crippen molar-refractivity contribution in [3.05, 3.63) is 35.4 Å². The number of hydrogen-bond acceptors (Lipinski definition) is 3.